The number of carbonyl (C=O) groups excluding carboxylic acids is 1. The fourth-order valence-corrected chi connectivity index (χ4v) is 6.03. The molecule has 2 aliphatic heterocycles. The van der Waals surface area contributed by atoms with Gasteiger partial charge in [0.05, 0.1) is 29.5 Å². The number of thioether (sulfide) groups is 1. The highest BCUT2D eigenvalue weighted by Gasteiger charge is 2.35. The molecule has 1 aromatic heterocycles. The number of hydrogen-bond donors (Lipinski definition) is 3. The maximum absolute atomic E-state index is 13.5. The number of hydrogen-bond acceptors (Lipinski definition) is 5. The van der Waals surface area contributed by atoms with Gasteiger partial charge < -0.3 is 15.6 Å². The highest BCUT2D eigenvalue weighted by molar-refractivity contribution is 8.14. The quantitative estimate of drug-likeness (QED) is 0.587. The predicted octanol–water partition coefficient (Wildman–Crippen LogP) is 4.15. The van der Waals surface area contributed by atoms with Crippen LogP contribution >= 0.6 is 11.8 Å². The fourth-order valence-electron chi connectivity index (χ4n) is 4.95. The summed E-state index contributed by atoms with van der Waals surface area (Å²) < 4.78 is 27.1. The molecule has 1 aromatic carbocycles. The first-order chi connectivity index (χ1) is 15.8. The molecule has 0 bridgehead atoms. The number of nitrogens with zero attached hydrogens (tertiary/aromatic N) is 2. The third-order valence-corrected chi connectivity index (χ3v) is 7.94. The van der Waals surface area contributed by atoms with E-state index in [4.69, 9.17) is 4.99 Å². The van der Waals surface area contributed by atoms with Crippen LogP contribution < -0.4 is 10.6 Å². The van der Waals surface area contributed by atoms with Gasteiger partial charge in [-0.3, -0.25) is 14.7 Å². The van der Waals surface area contributed by atoms with E-state index in [2.05, 4.69) is 45.6 Å². The molecule has 1 saturated heterocycles. The molecule has 1 aliphatic carbocycles. The van der Waals surface area contributed by atoms with E-state index < -0.39 is 5.92 Å². The molecule has 1 atom stereocenters. The summed E-state index contributed by atoms with van der Waals surface area (Å²) in [7, 11) is 0. The van der Waals surface area contributed by atoms with Crippen molar-refractivity contribution in [3.63, 3.8) is 0 Å². The highest BCUT2D eigenvalue weighted by atomic mass is 32.2. The number of amides is 1. The van der Waals surface area contributed by atoms with Gasteiger partial charge in [0, 0.05) is 49.7 Å². The summed E-state index contributed by atoms with van der Waals surface area (Å²) in [5.74, 6) is -1.47. The Morgan fingerprint density at radius 2 is 2.09 bits per heavy atom. The van der Waals surface area contributed by atoms with Gasteiger partial charge in [-0.25, -0.2) is 8.78 Å². The minimum Gasteiger partial charge on any atom is -0.381 e. The summed E-state index contributed by atoms with van der Waals surface area (Å²) in [4.78, 5) is 22.3. The number of aryl methyl sites for hydroxylation is 1. The molecule has 2 fully saturated rings. The van der Waals surface area contributed by atoms with Gasteiger partial charge in [0.2, 0.25) is 11.8 Å². The second-order valence-electron chi connectivity index (χ2n) is 9.55. The molecule has 33 heavy (non-hydrogen) atoms. The number of carbonyl (C=O) groups is 1. The van der Waals surface area contributed by atoms with E-state index in [0.29, 0.717) is 19.4 Å². The minimum atomic E-state index is -2.52. The average Bonchev–Trinajstić information content (AvgIpc) is 3.41. The number of fused-ring (bicyclic) bond motifs is 1. The van der Waals surface area contributed by atoms with E-state index in [9.17, 15) is 13.6 Å². The molecular weight excluding hydrogens is 444 g/mol. The van der Waals surface area contributed by atoms with Crippen LogP contribution in [-0.2, 0) is 4.79 Å². The average molecular weight is 476 g/mol. The van der Waals surface area contributed by atoms with Crippen LogP contribution in [0.3, 0.4) is 0 Å². The van der Waals surface area contributed by atoms with E-state index in [1.807, 2.05) is 0 Å². The van der Waals surface area contributed by atoms with Crippen LogP contribution in [0.15, 0.2) is 23.2 Å². The van der Waals surface area contributed by atoms with E-state index in [1.54, 1.807) is 11.8 Å². The van der Waals surface area contributed by atoms with Crippen LogP contribution in [-0.4, -0.2) is 70.8 Å². The second kappa shape index (κ2) is 9.25. The van der Waals surface area contributed by atoms with Crippen LogP contribution in [0.2, 0.25) is 0 Å². The second-order valence-corrected chi connectivity index (χ2v) is 10.6. The van der Waals surface area contributed by atoms with Crippen molar-refractivity contribution in [1.29, 1.82) is 0 Å². The smallest absolute Gasteiger partial charge is 0.248 e. The molecule has 1 amide bonds. The molecule has 178 valence electrons. The zero-order valence-electron chi connectivity index (χ0n) is 18.9. The Labute approximate surface area is 197 Å². The Morgan fingerprint density at radius 1 is 1.27 bits per heavy atom. The Kier molecular flexibility index (Phi) is 6.35. The van der Waals surface area contributed by atoms with Gasteiger partial charge in [-0.05, 0) is 49.9 Å². The Balaban J connectivity index is 1.27. The number of alkyl halides is 2. The summed E-state index contributed by atoms with van der Waals surface area (Å²) in [5.41, 5.74) is 4.15. The zero-order valence-corrected chi connectivity index (χ0v) is 19.7. The van der Waals surface area contributed by atoms with Crippen LogP contribution in [0.5, 0.6) is 0 Å². The number of aromatic nitrogens is 1. The van der Waals surface area contributed by atoms with Gasteiger partial charge in [-0.15, -0.1) is 11.8 Å². The van der Waals surface area contributed by atoms with Crippen molar-refractivity contribution in [2.45, 2.75) is 57.0 Å². The molecule has 0 radical (unpaired) electrons. The van der Waals surface area contributed by atoms with Crippen LogP contribution in [0.25, 0.3) is 10.9 Å². The largest absolute Gasteiger partial charge is 0.381 e. The molecule has 2 aromatic rings. The summed E-state index contributed by atoms with van der Waals surface area (Å²) in [6.45, 7) is 5.05. The molecule has 3 N–H and O–H groups in total. The fraction of sp³-hybridized carbons (Fsp3) is 0.583. The van der Waals surface area contributed by atoms with Gasteiger partial charge in [-0.2, -0.15) is 0 Å². The van der Waals surface area contributed by atoms with Crippen molar-refractivity contribution < 1.29 is 13.6 Å². The lowest BCUT2D eigenvalue weighted by molar-refractivity contribution is -0.124. The summed E-state index contributed by atoms with van der Waals surface area (Å²) in [5, 5.41) is 8.52. The highest BCUT2D eigenvalue weighted by Crippen LogP contribution is 2.36. The third kappa shape index (κ3) is 5.35. The number of H-pyrrole nitrogens is 1. The lowest BCUT2D eigenvalue weighted by atomic mass is 9.92. The van der Waals surface area contributed by atoms with Crippen molar-refractivity contribution in [2.24, 2.45) is 4.99 Å². The number of rotatable bonds is 6. The van der Waals surface area contributed by atoms with Crippen molar-refractivity contribution in [3.8, 4) is 0 Å². The van der Waals surface area contributed by atoms with Crippen LogP contribution in [0.1, 0.15) is 43.4 Å². The normalized spacial score (nSPS) is 24.2. The first kappa shape index (κ1) is 22.7. The van der Waals surface area contributed by atoms with Gasteiger partial charge in [-0.1, -0.05) is 0 Å². The van der Waals surface area contributed by atoms with E-state index in [0.717, 1.165) is 64.7 Å². The van der Waals surface area contributed by atoms with E-state index >= 15 is 0 Å². The SMILES string of the molecule is Cc1cc(NC2CCC(F)(F)CC2)c2[nH]c(C3=NC(CCN4CCNC(=O)C4)CS3)cc2c1. The molecule has 3 heterocycles. The Morgan fingerprint density at radius 3 is 2.88 bits per heavy atom. The van der Waals surface area contributed by atoms with Crippen molar-refractivity contribution >= 4 is 39.3 Å². The number of piperazine rings is 1. The number of halogens is 2. The van der Waals surface area contributed by atoms with Crippen molar-refractivity contribution in [1.82, 2.24) is 15.2 Å². The summed E-state index contributed by atoms with van der Waals surface area (Å²) in [6.07, 6.45) is 1.82. The Bertz CT molecular complexity index is 1060. The maximum atomic E-state index is 13.5. The van der Waals surface area contributed by atoms with Gasteiger partial charge >= 0.3 is 0 Å². The lowest BCUT2D eigenvalue weighted by Gasteiger charge is -2.29. The van der Waals surface area contributed by atoms with Crippen molar-refractivity contribution in [2.75, 3.05) is 37.2 Å². The van der Waals surface area contributed by atoms with Gasteiger partial charge in [0.15, 0.2) is 0 Å². The van der Waals surface area contributed by atoms with Gasteiger partial charge in [0.1, 0.15) is 5.04 Å². The number of anilines is 1. The lowest BCUT2D eigenvalue weighted by Crippen LogP contribution is -2.48. The van der Waals surface area contributed by atoms with E-state index in [-0.39, 0.29) is 30.8 Å². The predicted molar refractivity (Wildman–Crippen MR) is 131 cm³/mol. The molecule has 3 aliphatic rings. The third-order valence-electron chi connectivity index (χ3n) is 6.79. The zero-order chi connectivity index (χ0) is 23.0. The number of benzene rings is 1. The molecule has 1 unspecified atom stereocenters. The molecule has 6 nitrogen and oxygen atoms in total. The molecule has 1 saturated carbocycles. The van der Waals surface area contributed by atoms with Crippen LogP contribution in [0, 0.1) is 6.92 Å². The number of nitrogens with one attached hydrogen (secondary N) is 3. The molecule has 0 spiro atoms. The minimum absolute atomic E-state index is 0.0491. The standard InChI is InChI=1S/C24H31F2N5OS/c1-15-10-16-12-20(23-29-18(14-33-23)4-8-31-9-7-27-21(32)13-31)30-22(16)19(11-15)28-17-2-5-24(25,26)6-3-17/h10-12,17-18,28,30H,2-9,13-14H2,1H3,(H,27,32). The first-order valence-electron chi connectivity index (χ1n) is 11.8. The molecular formula is C24H31F2N5OS. The summed E-state index contributed by atoms with van der Waals surface area (Å²) >= 11 is 1.77. The number of aliphatic imine (C=N–C) groups is 1. The molecule has 5 rings (SSSR count). The molecule has 9 heteroatoms. The van der Waals surface area contributed by atoms with Crippen LogP contribution in [0.4, 0.5) is 14.5 Å². The number of aromatic amines is 1. The summed E-state index contributed by atoms with van der Waals surface area (Å²) in [6, 6.07) is 6.71. The maximum Gasteiger partial charge on any atom is 0.248 e. The monoisotopic (exact) mass is 475 g/mol. The van der Waals surface area contributed by atoms with E-state index in [1.165, 1.54) is 0 Å². The van der Waals surface area contributed by atoms with Crippen molar-refractivity contribution in [3.05, 3.63) is 29.5 Å². The Hall–Kier alpha value is -2.13. The van der Waals surface area contributed by atoms with Gasteiger partial charge in [0.25, 0.3) is 0 Å². The topological polar surface area (TPSA) is 72.5 Å². The first-order valence-corrected chi connectivity index (χ1v) is 12.8.